The Morgan fingerprint density at radius 2 is 1.53 bits per heavy atom. The largest absolute Gasteiger partial charge is 0.478 e. The molecule has 0 atom stereocenters. The zero-order chi connectivity index (χ0) is 20.8. The van der Waals surface area contributed by atoms with Gasteiger partial charge >= 0.3 is 5.97 Å². The van der Waals surface area contributed by atoms with E-state index in [1.54, 1.807) is 18.2 Å². The Balaban J connectivity index is 1.57. The van der Waals surface area contributed by atoms with Gasteiger partial charge in [-0.25, -0.2) is 10.2 Å². The third kappa shape index (κ3) is 4.81. The van der Waals surface area contributed by atoms with Gasteiger partial charge in [-0.05, 0) is 6.07 Å². The maximum absolute atomic E-state index is 11.3. The number of hydrogen-bond donors (Lipinski definition) is 2. The number of anilines is 3. The van der Waals surface area contributed by atoms with Crippen molar-refractivity contribution in [2.45, 2.75) is 0 Å². The standard InChI is InChI=1S/C19H23N7O4/c27-16(28)15-4-2-1-3-14(15)13-20-24-17-21-18(25-5-9-29-10-6-25)23-19(22-17)26-7-11-30-12-8-26/h1-4,13H,5-12H2,(H,27,28)(H,21,22,23,24)/b20-13-. The first-order valence-corrected chi connectivity index (χ1v) is 9.73. The summed E-state index contributed by atoms with van der Waals surface area (Å²) in [6, 6.07) is 6.63. The van der Waals surface area contributed by atoms with Crippen molar-refractivity contribution < 1.29 is 19.4 Å². The third-order valence-electron chi connectivity index (χ3n) is 4.76. The van der Waals surface area contributed by atoms with Crippen LogP contribution >= 0.6 is 0 Å². The molecule has 0 radical (unpaired) electrons. The van der Waals surface area contributed by atoms with Gasteiger partial charge in [0.15, 0.2) is 0 Å². The van der Waals surface area contributed by atoms with Gasteiger partial charge in [0.2, 0.25) is 17.8 Å². The Labute approximate surface area is 173 Å². The Hall–Kier alpha value is -3.31. The van der Waals surface area contributed by atoms with Crippen LogP contribution in [0.5, 0.6) is 0 Å². The van der Waals surface area contributed by atoms with Crippen LogP contribution in [0, 0.1) is 0 Å². The number of carbonyl (C=O) groups is 1. The zero-order valence-corrected chi connectivity index (χ0v) is 16.4. The predicted molar refractivity (Wildman–Crippen MR) is 111 cm³/mol. The normalized spacial score (nSPS) is 17.3. The van der Waals surface area contributed by atoms with Gasteiger partial charge in [0.05, 0.1) is 38.2 Å². The van der Waals surface area contributed by atoms with Crippen molar-refractivity contribution in [2.24, 2.45) is 5.10 Å². The minimum atomic E-state index is -1.01. The van der Waals surface area contributed by atoms with Crippen molar-refractivity contribution in [2.75, 3.05) is 67.8 Å². The highest BCUT2D eigenvalue weighted by atomic mass is 16.5. The van der Waals surface area contributed by atoms with Gasteiger partial charge < -0.3 is 24.4 Å². The van der Waals surface area contributed by atoms with Crippen LogP contribution in [0.4, 0.5) is 17.8 Å². The maximum atomic E-state index is 11.3. The number of carboxylic acids is 1. The van der Waals surface area contributed by atoms with Crippen LogP contribution in [-0.4, -0.2) is 84.8 Å². The fourth-order valence-electron chi connectivity index (χ4n) is 3.18. The Kier molecular flexibility index (Phi) is 6.30. The second kappa shape index (κ2) is 9.46. The minimum absolute atomic E-state index is 0.168. The van der Waals surface area contributed by atoms with Gasteiger partial charge in [-0.3, -0.25) is 0 Å². The van der Waals surface area contributed by atoms with Crippen molar-refractivity contribution in [1.29, 1.82) is 0 Å². The summed E-state index contributed by atoms with van der Waals surface area (Å²) in [6.45, 7) is 5.25. The summed E-state index contributed by atoms with van der Waals surface area (Å²) >= 11 is 0. The lowest BCUT2D eigenvalue weighted by Gasteiger charge is -2.30. The van der Waals surface area contributed by atoms with Gasteiger partial charge in [-0.15, -0.1) is 0 Å². The number of ether oxygens (including phenoxy) is 2. The molecule has 11 nitrogen and oxygen atoms in total. The SMILES string of the molecule is O=C(O)c1ccccc1/C=N\Nc1nc(N2CCOCC2)nc(N2CCOCC2)n1. The number of benzene rings is 1. The average molecular weight is 413 g/mol. The summed E-state index contributed by atoms with van der Waals surface area (Å²) in [5.74, 6) is 0.385. The van der Waals surface area contributed by atoms with Crippen LogP contribution in [0.1, 0.15) is 15.9 Å². The quantitative estimate of drug-likeness (QED) is 0.516. The highest BCUT2D eigenvalue weighted by molar-refractivity contribution is 5.98. The molecule has 1 aromatic heterocycles. The average Bonchev–Trinajstić information content (AvgIpc) is 2.80. The molecule has 2 aliphatic heterocycles. The molecular weight excluding hydrogens is 390 g/mol. The fraction of sp³-hybridized carbons (Fsp3) is 0.421. The molecular formula is C19H23N7O4. The molecule has 30 heavy (non-hydrogen) atoms. The molecule has 0 bridgehead atoms. The summed E-state index contributed by atoms with van der Waals surface area (Å²) in [6.07, 6.45) is 1.44. The molecule has 2 aromatic rings. The molecule has 2 saturated heterocycles. The van der Waals surface area contributed by atoms with Gasteiger partial charge in [0, 0.05) is 31.7 Å². The summed E-state index contributed by atoms with van der Waals surface area (Å²) in [4.78, 5) is 29.1. The van der Waals surface area contributed by atoms with E-state index in [1.165, 1.54) is 12.3 Å². The van der Waals surface area contributed by atoms with Gasteiger partial charge in [0.1, 0.15) is 0 Å². The number of hydrogen-bond acceptors (Lipinski definition) is 10. The zero-order valence-electron chi connectivity index (χ0n) is 16.4. The molecule has 0 aliphatic carbocycles. The van der Waals surface area contributed by atoms with E-state index in [-0.39, 0.29) is 11.5 Å². The first kappa shape index (κ1) is 20.0. The highest BCUT2D eigenvalue weighted by Gasteiger charge is 2.20. The van der Waals surface area contributed by atoms with Crippen molar-refractivity contribution in [1.82, 2.24) is 15.0 Å². The first-order valence-electron chi connectivity index (χ1n) is 9.73. The Morgan fingerprint density at radius 3 is 2.10 bits per heavy atom. The van der Waals surface area contributed by atoms with E-state index < -0.39 is 5.97 Å². The third-order valence-corrected chi connectivity index (χ3v) is 4.76. The number of nitrogens with zero attached hydrogens (tertiary/aromatic N) is 6. The number of morpholine rings is 2. The van der Waals surface area contributed by atoms with Gasteiger partial charge in [-0.1, -0.05) is 18.2 Å². The van der Waals surface area contributed by atoms with E-state index in [9.17, 15) is 9.90 Å². The molecule has 2 aliphatic rings. The lowest BCUT2D eigenvalue weighted by Crippen LogP contribution is -2.40. The molecule has 11 heteroatoms. The van der Waals surface area contributed by atoms with Crippen LogP contribution in [-0.2, 0) is 9.47 Å². The van der Waals surface area contributed by atoms with Crippen LogP contribution in [0.15, 0.2) is 29.4 Å². The van der Waals surface area contributed by atoms with E-state index in [0.717, 1.165) is 0 Å². The maximum Gasteiger partial charge on any atom is 0.336 e. The first-order chi connectivity index (χ1) is 14.7. The number of hydrazone groups is 1. The lowest BCUT2D eigenvalue weighted by molar-refractivity contribution is 0.0696. The second-order valence-electron chi connectivity index (χ2n) is 6.72. The van der Waals surface area contributed by atoms with Crippen LogP contribution in [0.25, 0.3) is 0 Å². The van der Waals surface area contributed by atoms with Crippen LogP contribution in [0.2, 0.25) is 0 Å². The molecule has 2 fully saturated rings. The smallest absolute Gasteiger partial charge is 0.336 e. The molecule has 0 saturated carbocycles. The lowest BCUT2D eigenvalue weighted by atomic mass is 10.1. The topological polar surface area (TPSA) is 125 Å². The van der Waals surface area contributed by atoms with Crippen molar-refractivity contribution in [3.8, 4) is 0 Å². The van der Waals surface area contributed by atoms with E-state index in [4.69, 9.17) is 9.47 Å². The summed E-state index contributed by atoms with van der Waals surface area (Å²) < 4.78 is 10.8. The monoisotopic (exact) mass is 413 g/mol. The van der Waals surface area contributed by atoms with E-state index in [1.807, 2.05) is 9.80 Å². The molecule has 2 N–H and O–H groups in total. The molecule has 0 amide bonds. The Morgan fingerprint density at radius 1 is 0.967 bits per heavy atom. The number of aromatic nitrogens is 3. The second-order valence-corrected chi connectivity index (χ2v) is 6.72. The predicted octanol–water partition coefficient (Wildman–Crippen LogP) is 0.689. The van der Waals surface area contributed by atoms with Gasteiger partial charge in [0.25, 0.3) is 0 Å². The molecule has 1 aromatic carbocycles. The minimum Gasteiger partial charge on any atom is -0.478 e. The van der Waals surface area contributed by atoms with Crippen molar-refractivity contribution in [3.63, 3.8) is 0 Å². The molecule has 158 valence electrons. The summed E-state index contributed by atoms with van der Waals surface area (Å²) in [5, 5.41) is 13.4. The number of aromatic carboxylic acids is 1. The molecule has 0 spiro atoms. The number of nitrogens with one attached hydrogen (secondary N) is 1. The fourth-order valence-corrected chi connectivity index (χ4v) is 3.18. The van der Waals surface area contributed by atoms with Crippen molar-refractivity contribution in [3.05, 3.63) is 35.4 Å². The molecule has 4 rings (SSSR count). The van der Waals surface area contributed by atoms with Crippen LogP contribution in [0.3, 0.4) is 0 Å². The van der Waals surface area contributed by atoms with Crippen LogP contribution < -0.4 is 15.2 Å². The molecule has 0 unspecified atom stereocenters. The summed E-state index contributed by atoms with van der Waals surface area (Å²) in [5.41, 5.74) is 3.46. The van der Waals surface area contributed by atoms with E-state index in [0.29, 0.717) is 70.1 Å². The number of carboxylic acid groups (broad SMARTS) is 1. The van der Waals surface area contributed by atoms with E-state index in [2.05, 4.69) is 25.5 Å². The molecule has 3 heterocycles. The summed E-state index contributed by atoms with van der Waals surface area (Å²) in [7, 11) is 0. The number of rotatable bonds is 6. The highest BCUT2D eigenvalue weighted by Crippen LogP contribution is 2.18. The van der Waals surface area contributed by atoms with Gasteiger partial charge in [-0.2, -0.15) is 20.1 Å². The van der Waals surface area contributed by atoms with Crippen molar-refractivity contribution >= 4 is 30.0 Å². The van der Waals surface area contributed by atoms with E-state index >= 15 is 0 Å². The Bertz CT molecular complexity index is 875.